The predicted octanol–water partition coefficient (Wildman–Crippen LogP) is 3.62. The fraction of sp³-hybridized carbons (Fsp3) is 0.167. The van der Waals surface area contributed by atoms with Gasteiger partial charge in [0.1, 0.15) is 6.04 Å². The number of para-hydroxylation sites is 1. The Balaban J connectivity index is 1.33. The molecule has 0 radical (unpaired) electrons. The van der Waals surface area contributed by atoms with Crippen LogP contribution in [0.25, 0.3) is 10.9 Å². The van der Waals surface area contributed by atoms with E-state index in [2.05, 4.69) is 15.6 Å². The van der Waals surface area contributed by atoms with E-state index in [4.69, 9.17) is 9.47 Å². The van der Waals surface area contributed by atoms with E-state index in [-0.39, 0.29) is 18.6 Å². The predicted molar refractivity (Wildman–Crippen MR) is 122 cm³/mol. The van der Waals surface area contributed by atoms with E-state index < -0.39 is 6.04 Å². The Bertz CT molecular complexity index is 1270. The average Bonchev–Trinajstić information content (AvgIpc) is 3.57. The number of ether oxygens (including phenoxy) is 2. The molecule has 0 saturated carbocycles. The number of aromatic amines is 1. The highest BCUT2D eigenvalue weighted by Crippen LogP contribution is 2.32. The topological polar surface area (TPSA) is 92.5 Å². The van der Waals surface area contributed by atoms with Gasteiger partial charge in [-0.05, 0) is 40.8 Å². The third-order valence-electron chi connectivity index (χ3n) is 5.37. The van der Waals surface area contributed by atoms with Crippen LogP contribution in [0.5, 0.6) is 11.5 Å². The summed E-state index contributed by atoms with van der Waals surface area (Å²) in [6.07, 6.45) is 2.26. The molecule has 32 heavy (non-hydrogen) atoms. The number of carbonyl (C=O) groups excluding carboxylic acids is 2. The Labute approximate surface area is 188 Å². The number of benzene rings is 2. The van der Waals surface area contributed by atoms with Crippen molar-refractivity contribution in [2.24, 2.45) is 0 Å². The molecule has 4 aromatic rings. The lowest BCUT2D eigenvalue weighted by molar-refractivity contribution is -0.123. The van der Waals surface area contributed by atoms with Crippen molar-refractivity contribution in [1.29, 1.82) is 0 Å². The number of hydrogen-bond donors (Lipinski definition) is 3. The summed E-state index contributed by atoms with van der Waals surface area (Å²) in [7, 11) is 0. The summed E-state index contributed by atoms with van der Waals surface area (Å²) < 4.78 is 10.7. The van der Waals surface area contributed by atoms with Gasteiger partial charge >= 0.3 is 0 Å². The molecule has 0 aliphatic carbocycles. The SMILES string of the molecule is O=C(NC(Cc1c[nH]c2ccccc12)C(=O)NCc1ccc2c(c1)OCO2)c1cccs1. The van der Waals surface area contributed by atoms with Crippen molar-refractivity contribution in [3.05, 3.63) is 82.2 Å². The zero-order chi connectivity index (χ0) is 21.9. The molecule has 162 valence electrons. The first-order chi connectivity index (χ1) is 15.7. The maximum atomic E-state index is 13.1. The second kappa shape index (κ2) is 8.76. The van der Waals surface area contributed by atoms with E-state index >= 15 is 0 Å². The van der Waals surface area contributed by atoms with Gasteiger partial charge in [0.2, 0.25) is 12.7 Å². The van der Waals surface area contributed by atoms with Crippen LogP contribution < -0.4 is 20.1 Å². The van der Waals surface area contributed by atoms with Crippen LogP contribution in [0, 0.1) is 0 Å². The van der Waals surface area contributed by atoms with Gasteiger partial charge in [-0.1, -0.05) is 30.3 Å². The number of hydrogen-bond acceptors (Lipinski definition) is 5. The maximum absolute atomic E-state index is 13.1. The fourth-order valence-electron chi connectivity index (χ4n) is 3.73. The van der Waals surface area contributed by atoms with Crippen LogP contribution in [0.2, 0.25) is 0 Å². The number of H-pyrrole nitrogens is 1. The largest absolute Gasteiger partial charge is 0.454 e. The highest BCUT2D eigenvalue weighted by atomic mass is 32.1. The molecular weight excluding hydrogens is 426 g/mol. The second-order valence-electron chi connectivity index (χ2n) is 7.47. The maximum Gasteiger partial charge on any atom is 0.262 e. The lowest BCUT2D eigenvalue weighted by Crippen LogP contribution is -2.47. The first kappa shape index (κ1) is 20.1. The molecule has 2 aromatic carbocycles. The van der Waals surface area contributed by atoms with Crippen molar-refractivity contribution in [3.8, 4) is 11.5 Å². The van der Waals surface area contributed by atoms with Gasteiger partial charge in [-0.15, -0.1) is 11.3 Å². The first-order valence-electron chi connectivity index (χ1n) is 10.2. The van der Waals surface area contributed by atoms with Crippen LogP contribution in [0.4, 0.5) is 0 Å². The number of rotatable bonds is 7. The van der Waals surface area contributed by atoms with E-state index in [1.807, 2.05) is 60.1 Å². The summed E-state index contributed by atoms with van der Waals surface area (Å²) in [5, 5.41) is 8.72. The van der Waals surface area contributed by atoms with Crippen LogP contribution in [-0.2, 0) is 17.8 Å². The number of nitrogens with one attached hydrogen (secondary N) is 3. The van der Waals surface area contributed by atoms with Crippen molar-refractivity contribution in [2.75, 3.05) is 6.79 Å². The molecule has 1 aliphatic rings. The molecule has 0 fully saturated rings. The first-order valence-corrected chi connectivity index (χ1v) is 11.1. The monoisotopic (exact) mass is 447 g/mol. The van der Waals surface area contributed by atoms with Crippen molar-refractivity contribution in [1.82, 2.24) is 15.6 Å². The van der Waals surface area contributed by atoms with Crippen LogP contribution in [0.15, 0.2) is 66.2 Å². The highest BCUT2D eigenvalue weighted by molar-refractivity contribution is 7.12. The van der Waals surface area contributed by atoms with Gasteiger partial charge in [0.15, 0.2) is 11.5 Å². The van der Waals surface area contributed by atoms with Gasteiger partial charge in [-0.3, -0.25) is 9.59 Å². The van der Waals surface area contributed by atoms with E-state index in [9.17, 15) is 9.59 Å². The Hall–Kier alpha value is -3.78. The molecule has 0 bridgehead atoms. The number of carbonyl (C=O) groups is 2. The molecule has 8 heteroatoms. The smallest absolute Gasteiger partial charge is 0.262 e. The highest BCUT2D eigenvalue weighted by Gasteiger charge is 2.24. The molecule has 0 spiro atoms. The van der Waals surface area contributed by atoms with Crippen molar-refractivity contribution >= 4 is 34.1 Å². The molecule has 1 aliphatic heterocycles. The molecule has 2 aromatic heterocycles. The van der Waals surface area contributed by atoms with Crippen molar-refractivity contribution < 1.29 is 19.1 Å². The van der Waals surface area contributed by atoms with Gasteiger partial charge in [0.25, 0.3) is 5.91 Å². The zero-order valence-electron chi connectivity index (χ0n) is 17.1. The van der Waals surface area contributed by atoms with Crippen molar-refractivity contribution in [2.45, 2.75) is 19.0 Å². The van der Waals surface area contributed by atoms with E-state index in [1.54, 1.807) is 6.07 Å². The van der Waals surface area contributed by atoms with Gasteiger partial charge in [-0.25, -0.2) is 0 Å². The summed E-state index contributed by atoms with van der Waals surface area (Å²) >= 11 is 1.34. The summed E-state index contributed by atoms with van der Waals surface area (Å²) in [5.74, 6) is 0.847. The third-order valence-corrected chi connectivity index (χ3v) is 6.24. The Morgan fingerprint density at radius 3 is 2.81 bits per heavy atom. The van der Waals surface area contributed by atoms with Crippen LogP contribution in [-0.4, -0.2) is 29.6 Å². The van der Waals surface area contributed by atoms with Gasteiger partial charge in [0, 0.05) is 30.1 Å². The quantitative estimate of drug-likeness (QED) is 0.404. The molecule has 7 nitrogen and oxygen atoms in total. The lowest BCUT2D eigenvalue weighted by Gasteiger charge is -2.18. The molecular formula is C24H21N3O4S. The number of fused-ring (bicyclic) bond motifs is 2. The molecule has 1 unspecified atom stereocenters. The number of amides is 2. The minimum Gasteiger partial charge on any atom is -0.454 e. The van der Waals surface area contributed by atoms with Crippen molar-refractivity contribution in [3.63, 3.8) is 0 Å². The summed E-state index contributed by atoms with van der Waals surface area (Å²) in [6.45, 7) is 0.515. The van der Waals surface area contributed by atoms with Gasteiger partial charge in [0.05, 0.1) is 4.88 Å². The number of thiophene rings is 1. The average molecular weight is 448 g/mol. The number of aromatic nitrogens is 1. The standard InChI is InChI=1S/C24H21N3O4S/c28-23(26-12-15-7-8-20-21(10-15)31-14-30-20)19(27-24(29)22-6-3-9-32-22)11-16-13-25-18-5-2-1-4-17(16)18/h1-10,13,19,25H,11-12,14H2,(H,26,28)(H,27,29). The Morgan fingerprint density at radius 2 is 1.94 bits per heavy atom. The Morgan fingerprint density at radius 1 is 1.06 bits per heavy atom. The lowest BCUT2D eigenvalue weighted by atomic mass is 10.0. The fourth-order valence-corrected chi connectivity index (χ4v) is 4.36. The summed E-state index contributed by atoms with van der Waals surface area (Å²) in [4.78, 5) is 29.6. The van der Waals surface area contributed by atoms with E-state index in [0.717, 1.165) is 22.0 Å². The minimum absolute atomic E-state index is 0.201. The molecule has 0 saturated heterocycles. The van der Waals surface area contributed by atoms with Crippen LogP contribution in [0.1, 0.15) is 20.8 Å². The molecule has 5 rings (SSSR count). The molecule has 2 amide bonds. The van der Waals surface area contributed by atoms with Gasteiger partial charge < -0.3 is 25.1 Å². The third kappa shape index (κ3) is 4.17. The minimum atomic E-state index is -0.724. The zero-order valence-corrected chi connectivity index (χ0v) is 17.9. The summed E-state index contributed by atoms with van der Waals surface area (Å²) in [6, 6.07) is 16.3. The Kier molecular flexibility index (Phi) is 5.51. The van der Waals surface area contributed by atoms with E-state index in [1.165, 1.54) is 11.3 Å². The molecule has 3 N–H and O–H groups in total. The van der Waals surface area contributed by atoms with Crippen LogP contribution >= 0.6 is 11.3 Å². The molecule has 3 heterocycles. The summed E-state index contributed by atoms with van der Waals surface area (Å²) in [5.41, 5.74) is 2.85. The normalized spacial score (nSPS) is 13.1. The second-order valence-corrected chi connectivity index (χ2v) is 8.42. The van der Waals surface area contributed by atoms with Gasteiger partial charge in [-0.2, -0.15) is 0 Å². The molecule has 1 atom stereocenters. The van der Waals surface area contributed by atoms with E-state index in [0.29, 0.717) is 29.3 Å². The van der Waals surface area contributed by atoms with Crippen LogP contribution in [0.3, 0.4) is 0 Å².